The molecule has 118 valence electrons. The molecule has 0 aromatic carbocycles. The summed E-state index contributed by atoms with van der Waals surface area (Å²) in [4.78, 5) is 3.96. The summed E-state index contributed by atoms with van der Waals surface area (Å²) in [6.45, 7) is 0.320. The number of ether oxygens (including phenoxy) is 1. The maximum Gasteiger partial charge on any atom is 0.233 e. The molecule has 1 aliphatic rings. The standard InChI is InChI=1S/C14H19Cl2NO3S/c15-12-7-13(9-17-8-12)20-10-14(11-21(16,18)19)5-3-1-2-4-6-14/h7-9H,1-6,10-11H2. The van der Waals surface area contributed by atoms with Crippen LogP contribution in [-0.4, -0.2) is 25.8 Å². The fraction of sp³-hybridized carbons (Fsp3) is 0.643. The summed E-state index contributed by atoms with van der Waals surface area (Å²) in [5, 5.41) is 0.493. The molecule has 7 heteroatoms. The van der Waals surface area contributed by atoms with Crippen molar-refractivity contribution in [2.24, 2.45) is 5.41 Å². The smallest absolute Gasteiger partial charge is 0.233 e. The lowest BCUT2D eigenvalue weighted by molar-refractivity contribution is 0.146. The molecule has 1 aromatic heterocycles. The fourth-order valence-electron chi connectivity index (χ4n) is 2.88. The largest absolute Gasteiger partial charge is 0.491 e. The van der Waals surface area contributed by atoms with Crippen LogP contribution in [0.3, 0.4) is 0 Å². The first kappa shape index (κ1) is 16.8. The van der Waals surface area contributed by atoms with Gasteiger partial charge in [0.05, 0.1) is 23.6 Å². The van der Waals surface area contributed by atoms with Gasteiger partial charge in [0.1, 0.15) is 5.75 Å². The zero-order valence-corrected chi connectivity index (χ0v) is 14.1. The quantitative estimate of drug-likeness (QED) is 0.593. The van der Waals surface area contributed by atoms with E-state index in [1.807, 2.05) is 0 Å². The first-order valence-corrected chi connectivity index (χ1v) is 9.90. The number of nitrogens with zero attached hydrogens (tertiary/aromatic N) is 1. The van der Waals surface area contributed by atoms with Gasteiger partial charge in [0.25, 0.3) is 0 Å². The third kappa shape index (κ3) is 5.64. The van der Waals surface area contributed by atoms with E-state index >= 15 is 0 Å². The number of halogens is 2. The van der Waals surface area contributed by atoms with Gasteiger partial charge < -0.3 is 4.74 Å². The van der Waals surface area contributed by atoms with Gasteiger partial charge in [0, 0.05) is 28.4 Å². The Labute approximate surface area is 135 Å². The van der Waals surface area contributed by atoms with E-state index in [9.17, 15) is 8.42 Å². The minimum absolute atomic E-state index is 0.0461. The summed E-state index contributed by atoms with van der Waals surface area (Å²) in [5.41, 5.74) is -0.417. The lowest BCUT2D eigenvalue weighted by Crippen LogP contribution is -2.34. The first-order chi connectivity index (χ1) is 9.89. The van der Waals surface area contributed by atoms with E-state index < -0.39 is 14.5 Å². The van der Waals surface area contributed by atoms with Crippen LogP contribution in [0.15, 0.2) is 18.5 Å². The summed E-state index contributed by atoms with van der Waals surface area (Å²) < 4.78 is 28.9. The second-order valence-corrected chi connectivity index (χ2v) is 8.94. The van der Waals surface area contributed by atoms with Crippen LogP contribution in [0, 0.1) is 5.41 Å². The van der Waals surface area contributed by atoms with Crippen molar-refractivity contribution in [1.82, 2.24) is 4.98 Å². The van der Waals surface area contributed by atoms with E-state index in [1.54, 1.807) is 12.3 Å². The van der Waals surface area contributed by atoms with Gasteiger partial charge in [-0.2, -0.15) is 0 Å². The Morgan fingerprint density at radius 1 is 1.19 bits per heavy atom. The van der Waals surface area contributed by atoms with Crippen molar-refractivity contribution in [3.05, 3.63) is 23.5 Å². The summed E-state index contributed by atoms with van der Waals surface area (Å²) in [6, 6.07) is 1.67. The van der Waals surface area contributed by atoms with Gasteiger partial charge in [-0.05, 0) is 12.8 Å². The summed E-state index contributed by atoms with van der Waals surface area (Å²) >= 11 is 5.87. The van der Waals surface area contributed by atoms with Crippen LogP contribution < -0.4 is 4.74 Å². The third-order valence-corrected chi connectivity index (χ3v) is 5.36. The third-order valence-electron chi connectivity index (χ3n) is 3.87. The number of hydrogen-bond donors (Lipinski definition) is 0. The zero-order valence-electron chi connectivity index (χ0n) is 11.7. The molecule has 2 rings (SSSR count). The van der Waals surface area contributed by atoms with Gasteiger partial charge in [-0.25, -0.2) is 8.42 Å². The molecule has 0 bridgehead atoms. The van der Waals surface area contributed by atoms with Crippen LogP contribution in [0.1, 0.15) is 38.5 Å². The molecule has 0 atom stereocenters. The predicted octanol–water partition coefficient (Wildman–Crippen LogP) is 4.02. The molecule has 4 nitrogen and oxygen atoms in total. The van der Waals surface area contributed by atoms with Crippen LogP contribution in [0.2, 0.25) is 5.02 Å². The van der Waals surface area contributed by atoms with E-state index in [0.29, 0.717) is 17.4 Å². The summed E-state index contributed by atoms with van der Waals surface area (Å²) in [5.74, 6) is 0.508. The number of pyridine rings is 1. The lowest BCUT2D eigenvalue weighted by atomic mass is 9.83. The molecule has 1 heterocycles. The Balaban J connectivity index is 2.11. The number of rotatable bonds is 5. The molecule has 0 radical (unpaired) electrons. The fourth-order valence-corrected chi connectivity index (χ4v) is 4.84. The maximum absolute atomic E-state index is 11.6. The highest BCUT2D eigenvalue weighted by molar-refractivity contribution is 8.13. The number of hydrogen-bond acceptors (Lipinski definition) is 4. The molecule has 1 aromatic rings. The summed E-state index contributed by atoms with van der Waals surface area (Å²) in [6.07, 6.45) is 8.99. The minimum atomic E-state index is -3.56. The number of aromatic nitrogens is 1. The van der Waals surface area contributed by atoms with E-state index in [1.165, 1.54) is 6.20 Å². The highest BCUT2D eigenvalue weighted by atomic mass is 35.7. The van der Waals surface area contributed by atoms with Gasteiger partial charge in [0.2, 0.25) is 9.05 Å². The molecule has 1 aliphatic carbocycles. The van der Waals surface area contributed by atoms with E-state index in [2.05, 4.69) is 4.98 Å². The maximum atomic E-state index is 11.6. The average molecular weight is 352 g/mol. The molecular weight excluding hydrogens is 333 g/mol. The predicted molar refractivity (Wildman–Crippen MR) is 84.5 cm³/mol. The monoisotopic (exact) mass is 351 g/mol. The highest BCUT2D eigenvalue weighted by Crippen LogP contribution is 2.37. The molecule has 1 fully saturated rings. The van der Waals surface area contributed by atoms with Crippen LogP contribution in [-0.2, 0) is 9.05 Å². The van der Waals surface area contributed by atoms with Crippen LogP contribution >= 0.6 is 22.3 Å². The Hall–Kier alpha value is -0.520. The van der Waals surface area contributed by atoms with E-state index in [4.69, 9.17) is 27.0 Å². The molecular formula is C14H19Cl2NO3S. The Morgan fingerprint density at radius 3 is 2.43 bits per heavy atom. The minimum Gasteiger partial charge on any atom is -0.491 e. The molecule has 0 aliphatic heterocycles. The second-order valence-electron chi connectivity index (χ2n) is 5.72. The van der Waals surface area contributed by atoms with Crippen LogP contribution in [0.5, 0.6) is 5.75 Å². The van der Waals surface area contributed by atoms with Crippen molar-refractivity contribution in [3.8, 4) is 5.75 Å². The van der Waals surface area contributed by atoms with Crippen molar-refractivity contribution >= 4 is 31.3 Å². The van der Waals surface area contributed by atoms with Crippen molar-refractivity contribution in [1.29, 1.82) is 0 Å². The van der Waals surface area contributed by atoms with Crippen molar-refractivity contribution in [2.45, 2.75) is 38.5 Å². The normalized spacial score (nSPS) is 19.0. The zero-order chi connectivity index (χ0) is 15.3. The molecule has 0 unspecified atom stereocenters. The Kier molecular flexibility index (Phi) is 5.74. The SMILES string of the molecule is O=S(=O)(Cl)CC1(COc2cncc(Cl)c2)CCCCCC1. The molecule has 0 spiro atoms. The van der Waals surface area contributed by atoms with E-state index in [-0.39, 0.29) is 5.75 Å². The topological polar surface area (TPSA) is 56.3 Å². The molecule has 21 heavy (non-hydrogen) atoms. The van der Waals surface area contributed by atoms with Crippen molar-refractivity contribution in [3.63, 3.8) is 0 Å². The van der Waals surface area contributed by atoms with Gasteiger partial charge in [-0.3, -0.25) is 4.98 Å². The molecule has 0 N–H and O–H groups in total. The van der Waals surface area contributed by atoms with Gasteiger partial charge in [-0.1, -0.05) is 37.3 Å². The molecule has 1 saturated carbocycles. The lowest BCUT2D eigenvalue weighted by Gasteiger charge is -2.31. The van der Waals surface area contributed by atoms with Crippen molar-refractivity contribution in [2.75, 3.05) is 12.4 Å². The van der Waals surface area contributed by atoms with Crippen LogP contribution in [0.4, 0.5) is 0 Å². The Bertz CT molecular complexity index is 569. The molecule has 0 amide bonds. The molecule has 0 saturated heterocycles. The summed E-state index contributed by atoms with van der Waals surface area (Å²) in [7, 11) is 1.94. The highest BCUT2D eigenvalue weighted by Gasteiger charge is 2.36. The Morgan fingerprint density at radius 2 is 1.86 bits per heavy atom. The first-order valence-electron chi connectivity index (χ1n) is 7.04. The van der Waals surface area contributed by atoms with Gasteiger partial charge in [0.15, 0.2) is 0 Å². The van der Waals surface area contributed by atoms with Gasteiger partial charge >= 0.3 is 0 Å². The van der Waals surface area contributed by atoms with E-state index in [0.717, 1.165) is 38.5 Å². The van der Waals surface area contributed by atoms with Crippen LogP contribution in [0.25, 0.3) is 0 Å². The second kappa shape index (κ2) is 7.16. The average Bonchev–Trinajstić information content (AvgIpc) is 2.61. The van der Waals surface area contributed by atoms with Gasteiger partial charge in [-0.15, -0.1) is 0 Å². The van der Waals surface area contributed by atoms with Crippen molar-refractivity contribution < 1.29 is 13.2 Å².